The summed E-state index contributed by atoms with van der Waals surface area (Å²) in [5.74, 6) is -2.22. The minimum atomic E-state index is -4.58. The third kappa shape index (κ3) is 4.78. The molecule has 1 aliphatic rings. The van der Waals surface area contributed by atoms with Crippen LogP contribution in [-0.2, 0) is 22.3 Å². The normalized spacial score (nSPS) is 16.3. The Balaban J connectivity index is 1.87. The molecule has 1 atom stereocenters. The molecule has 2 heterocycles. The molecule has 12 heteroatoms. The summed E-state index contributed by atoms with van der Waals surface area (Å²) in [5, 5.41) is 0. The molecule has 9 nitrogen and oxygen atoms in total. The number of hydrogen-bond donors (Lipinski definition) is 2. The standard InChI is InChI=1S/C21H24F3N5O4/c1-3-4-8-28-17(25)16(18(31)26-20(28)33)27(2)19(32)12-9-15(30)29(11-12)14-7-5-6-13(10-14)21(22,23)24/h5-7,10,12H,3-4,8-9,11,25H2,1-2H3,(H,26,31,33). The summed E-state index contributed by atoms with van der Waals surface area (Å²) in [4.78, 5) is 54.3. The van der Waals surface area contributed by atoms with Gasteiger partial charge in [0.25, 0.3) is 5.56 Å². The molecule has 0 bridgehead atoms. The van der Waals surface area contributed by atoms with Crippen LogP contribution in [0.1, 0.15) is 31.7 Å². The van der Waals surface area contributed by atoms with E-state index in [4.69, 9.17) is 5.73 Å². The monoisotopic (exact) mass is 467 g/mol. The largest absolute Gasteiger partial charge is 0.416 e. The number of alkyl halides is 3. The first-order valence-corrected chi connectivity index (χ1v) is 10.3. The zero-order valence-electron chi connectivity index (χ0n) is 18.1. The molecule has 33 heavy (non-hydrogen) atoms. The third-order valence-electron chi connectivity index (χ3n) is 5.57. The fraction of sp³-hybridized carbons (Fsp3) is 0.429. The molecule has 1 fully saturated rings. The van der Waals surface area contributed by atoms with Gasteiger partial charge in [-0.2, -0.15) is 13.2 Å². The average Bonchev–Trinajstić information content (AvgIpc) is 3.13. The number of carbonyl (C=O) groups excluding carboxylic acids is 2. The molecule has 1 aromatic carbocycles. The molecule has 0 radical (unpaired) electrons. The van der Waals surface area contributed by atoms with E-state index in [2.05, 4.69) is 4.98 Å². The second kappa shape index (κ2) is 9.12. The van der Waals surface area contributed by atoms with Gasteiger partial charge in [0.05, 0.1) is 11.5 Å². The van der Waals surface area contributed by atoms with E-state index in [0.29, 0.717) is 6.42 Å². The van der Waals surface area contributed by atoms with Gasteiger partial charge in [0.1, 0.15) is 5.82 Å². The topological polar surface area (TPSA) is 121 Å². The highest BCUT2D eigenvalue weighted by atomic mass is 19.4. The van der Waals surface area contributed by atoms with Gasteiger partial charge in [0, 0.05) is 32.2 Å². The Morgan fingerprint density at radius 2 is 1.97 bits per heavy atom. The first-order chi connectivity index (χ1) is 15.5. The second-order valence-electron chi connectivity index (χ2n) is 7.85. The summed E-state index contributed by atoms with van der Waals surface area (Å²) < 4.78 is 40.3. The summed E-state index contributed by atoms with van der Waals surface area (Å²) in [6, 6.07) is 4.28. The molecule has 1 aromatic heterocycles. The molecule has 178 valence electrons. The van der Waals surface area contributed by atoms with E-state index in [1.54, 1.807) is 0 Å². The molecule has 0 saturated carbocycles. The number of nitrogens with two attached hydrogens (primary N) is 1. The Kier molecular flexibility index (Phi) is 6.65. The Morgan fingerprint density at radius 1 is 1.27 bits per heavy atom. The molecule has 2 amide bonds. The van der Waals surface area contributed by atoms with Crippen molar-refractivity contribution in [1.82, 2.24) is 9.55 Å². The molecular weight excluding hydrogens is 443 g/mol. The Bertz CT molecular complexity index is 1190. The molecule has 3 rings (SSSR count). The van der Waals surface area contributed by atoms with Crippen molar-refractivity contribution >= 4 is 29.0 Å². The SMILES string of the molecule is CCCCn1c(N)c(N(C)C(=O)C2CC(=O)N(c3cccc(C(F)(F)F)c3)C2)c(=O)[nH]c1=O. The van der Waals surface area contributed by atoms with Gasteiger partial charge < -0.3 is 15.5 Å². The number of nitrogens with one attached hydrogen (secondary N) is 1. The molecule has 1 aliphatic heterocycles. The molecule has 2 aromatic rings. The summed E-state index contributed by atoms with van der Waals surface area (Å²) >= 11 is 0. The Morgan fingerprint density at radius 3 is 2.61 bits per heavy atom. The predicted molar refractivity (Wildman–Crippen MR) is 116 cm³/mol. The number of halogens is 3. The maximum atomic E-state index is 13.1. The lowest BCUT2D eigenvalue weighted by atomic mass is 10.1. The van der Waals surface area contributed by atoms with E-state index < -0.39 is 40.7 Å². The average molecular weight is 467 g/mol. The number of unbranched alkanes of at least 4 members (excludes halogenated alkanes) is 1. The van der Waals surface area contributed by atoms with Crippen LogP contribution in [0.2, 0.25) is 0 Å². The Hall–Kier alpha value is -3.57. The van der Waals surface area contributed by atoms with Crippen LogP contribution < -0.4 is 26.8 Å². The van der Waals surface area contributed by atoms with Gasteiger partial charge >= 0.3 is 11.9 Å². The number of nitrogens with zero attached hydrogens (tertiary/aromatic N) is 3. The first-order valence-electron chi connectivity index (χ1n) is 10.3. The van der Waals surface area contributed by atoms with Crippen molar-refractivity contribution in [3.8, 4) is 0 Å². The molecule has 1 saturated heterocycles. The van der Waals surface area contributed by atoms with Crippen molar-refractivity contribution in [2.45, 2.75) is 38.9 Å². The summed E-state index contributed by atoms with van der Waals surface area (Å²) in [5.41, 5.74) is 3.39. The van der Waals surface area contributed by atoms with Gasteiger partial charge in [-0.25, -0.2) is 4.79 Å². The van der Waals surface area contributed by atoms with Crippen molar-refractivity contribution in [2.24, 2.45) is 5.92 Å². The number of hydrogen-bond acceptors (Lipinski definition) is 5. The zero-order chi connectivity index (χ0) is 24.5. The zero-order valence-corrected chi connectivity index (χ0v) is 18.1. The third-order valence-corrected chi connectivity index (χ3v) is 5.57. The number of aromatic amines is 1. The number of aromatic nitrogens is 2. The molecule has 3 N–H and O–H groups in total. The van der Waals surface area contributed by atoms with E-state index in [9.17, 15) is 32.3 Å². The smallest absolute Gasteiger partial charge is 0.383 e. The van der Waals surface area contributed by atoms with E-state index in [-0.39, 0.29) is 36.7 Å². The van der Waals surface area contributed by atoms with E-state index in [1.807, 2.05) is 6.92 Å². The van der Waals surface area contributed by atoms with E-state index in [0.717, 1.165) is 28.4 Å². The highest BCUT2D eigenvalue weighted by Gasteiger charge is 2.39. The van der Waals surface area contributed by atoms with Gasteiger partial charge in [-0.1, -0.05) is 19.4 Å². The highest BCUT2D eigenvalue weighted by Crippen LogP contribution is 2.34. The second-order valence-corrected chi connectivity index (χ2v) is 7.85. The van der Waals surface area contributed by atoms with Crippen molar-refractivity contribution < 1.29 is 22.8 Å². The van der Waals surface area contributed by atoms with Crippen LogP contribution in [0.4, 0.5) is 30.4 Å². The van der Waals surface area contributed by atoms with Crippen LogP contribution in [0.3, 0.4) is 0 Å². The number of carbonyl (C=O) groups is 2. The van der Waals surface area contributed by atoms with Gasteiger partial charge in [-0.05, 0) is 24.6 Å². The number of benzene rings is 1. The highest BCUT2D eigenvalue weighted by molar-refractivity contribution is 6.05. The van der Waals surface area contributed by atoms with E-state index >= 15 is 0 Å². The lowest BCUT2D eigenvalue weighted by molar-refractivity contribution is -0.137. The maximum Gasteiger partial charge on any atom is 0.416 e. The summed E-state index contributed by atoms with van der Waals surface area (Å²) in [7, 11) is 1.30. The lowest BCUT2D eigenvalue weighted by Gasteiger charge is -2.23. The number of H-pyrrole nitrogens is 1. The molecule has 1 unspecified atom stereocenters. The van der Waals surface area contributed by atoms with Crippen molar-refractivity contribution in [2.75, 3.05) is 29.1 Å². The minimum Gasteiger partial charge on any atom is -0.383 e. The van der Waals surface area contributed by atoms with Gasteiger partial charge in [0.2, 0.25) is 11.8 Å². The van der Waals surface area contributed by atoms with Crippen molar-refractivity contribution in [1.29, 1.82) is 0 Å². The maximum absolute atomic E-state index is 13.1. The van der Waals surface area contributed by atoms with Crippen LogP contribution in [0, 0.1) is 5.92 Å². The fourth-order valence-corrected chi connectivity index (χ4v) is 3.80. The van der Waals surface area contributed by atoms with Gasteiger partial charge in [-0.3, -0.25) is 23.9 Å². The minimum absolute atomic E-state index is 0.0262. The van der Waals surface area contributed by atoms with Crippen LogP contribution in [0.5, 0.6) is 0 Å². The molecular formula is C21H24F3N5O4. The fourth-order valence-electron chi connectivity index (χ4n) is 3.80. The quantitative estimate of drug-likeness (QED) is 0.673. The number of anilines is 3. The predicted octanol–water partition coefficient (Wildman–Crippen LogP) is 1.95. The molecule has 0 spiro atoms. The van der Waals surface area contributed by atoms with Gasteiger partial charge in [0.15, 0.2) is 5.69 Å². The lowest BCUT2D eigenvalue weighted by Crippen LogP contribution is -2.42. The summed E-state index contributed by atoms with van der Waals surface area (Å²) in [6.07, 6.45) is -3.43. The first kappa shape index (κ1) is 24.1. The number of rotatable bonds is 6. The van der Waals surface area contributed by atoms with Crippen LogP contribution >= 0.6 is 0 Å². The number of nitrogen functional groups attached to an aromatic ring is 1. The van der Waals surface area contributed by atoms with Crippen molar-refractivity contribution in [3.05, 3.63) is 50.7 Å². The van der Waals surface area contributed by atoms with Gasteiger partial charge in [-0.15, -0.1) is 0 Å². The van der Waals surface area contributed by atoms with E-state index in [1.165, 1.54) is 23.7 Å². The summed E-state index contributed by atoms with van der Waals surface area (Å²) in [6.45, 7) is 2.01. The Labute approximate surface area is 186 Å². The van der Waals surface area contributed by atoms with Crippen LogP contribution in [0.15, 0.2) is 33.9 Å². The number of amides is 2. The van der Waals surface area contributed by atoms with Crippen molar-refractivity contribution in [3.63, 3.8) is 0 Å². The van der Waals surface area contributed by atoms with Crippen LogP contribution in [-0.4, -0.2) is 35.0 Å². The molecule has 0 aliphatic carbocycles. The van der Waals surface area contributed by atoms with Crippen LogP contribution in [0.25, 0.3) is 0 Å².